The Morgan fingerprint density at radius 2 is 2.37 bits per heavy atom. The SMILES string of the molecule is Cc1cc(CC(C)NC(=O)c2ncccc2O)n[nH]1. The van der Waals surface area contributed by atoms with Crippen molar-refractivity contribution in [3.63, 3.8) is 0 Å². The molecule has 0 aliphatic rings. The lowest BCUT2D eigenvalue weighted by Crippen LogP contribution is -2.34. The molecular weight excluding hydrogens is 244 g/mol. The Kier molecular flexibility index (Phi) is 3.79. The number of aryl methyl sites for hydroxylation is 1. The lowest BCUT2D eigenvalue weighted by atomic mass is 10.1. The molecule has 0 radical (unpaired) electrons. The maximum atomic E-state index is 11.9. The van der Waals surface area contributed by atoms with Gasteiger partial charge in [-0.15, -0.1) is 0 Å². The molecule has 0 spiro atoms. The number of pyridine rings is 1. The van der Waals surface area contributed by atoms with Gasteiger partial charge in [-0.25, -0.2) is 4.98 Å². The Morgan fingerprint density at radius 1 is 1.58 bits per heavy atom. The molecule has 19 heavy (non-hydrogen) atoms. The number of hydrogen-bond acceptors (Lipinski definition) is 4. The summed E-state index contributed by atoms with van der Waals surface area (Å²) in [6, 6.07) is 4.84. The molecule has 0 bridgehead atoms. The van der Waals surface area contributed by atoms with Crippen molar-refractivity contribution in [1.82, 2.24) is 20.5 Å². The first kappa shape index (κ1) is 13.1. The molecule has 0 saturated heterocycles. The molecule has 2 aromatic heterocycles. The molecule has 1 atom stereocenters. The van der Waals surface area contributed by atoms with Crippen LogP contribution in [0.15, 0.2) is 24.4 Å². The Hall–Kier alpha value is -2.37. The number of aromatic amines is 1. The molecule has 1 unspecified atom stereocenters. The minimum Gasteiger partial charge on any atom is -0.505 e. The quantitative estimate of drug-likeness (QED) is 0.769. The van der Waals surface area contributed by atoms with E-state index in [2.05, 4.69) is 20.5 Å². The third-order valence-electron chi connectivity index (χ3n) is 2.65. The van der Waals surface area contributed by atoms with Gasteiger partial charge in [-0.05, 0) is 32.0 Å². The Balaban J connectivity index is 1.97. The summed E-state index contributed by atoms with van der Waals surface area (Å²) >= 11 is 0. The van der Waals surface area contributed by atoms with E-state index < -0.39 is 5.91 Å². The predicted octanol–water partition coefficient (Wildman–Crippen LogP) is 1.18. The lowest BCUT2D eigenvalue weighted by Gasteiger charge is -2.12. The van der Waals surface area contributed by atoms with Crippen molar-refractivity contribution >= 4 is 5.91 Å². The number of carbonyl (C=O) groups is 1. The topological polar surface area (TPSA) is 90.9 Å². The van der Waals surface area contributed by atoms with E-state index in [1.807, 2.05) is 19.9 Å². The second-order valence-electron chi connectivity index (χ2n) is 4.49. The van der Waals surface area contributed by atoms with E-state index in [9.17, 15) is 9.90 Å². The van der Waals surface area contributed by atoms with Gasteiger partial charge in [0, 0.05) is 24.4 Å². The maximum absolute atomic E-state index is 11.9. The normalized spacial score (nSPS) is 12.1. The van der Waals surface area contributed by atoms with E-state index in [0.717, 1.165) is 11.4 Å². The minimum atomic E-state index is -0.391. The van der Waals surface area contributed by atoms with Gasteiger partial charge in [0.1, 0.15) is 5.75 Å². The van der Waals surface area contributed by atoms with Crippen molar-refractivity contribution in [3.05, 3.63) is 41.5 Å². The van der Waals surface area contributed by atoms with Gasteiger partial charge in [-0.2, -0.15) is 5.10 Å². The van der Waals surface area contributed by atoms with Crippen LogP contribution >= 0.6 is 0 Å². The fraction of sp³-hybridized carbons (Fsp3) is 0.308. The van der Waals surface area contributed by atoms with Gasteiger partial charge in [-0.1, -0.05) is 0 Å². The Labute approximate surface area is 110 Å². The summed E-state index contributed by atoms with van der Waals surface area (Å²) in [4.78, 5) is 15.8. The van der Waals surface area contributed by atoms with Crippen LogP contribution in [-0.2, 0) is 6.42 Å². The average molecular weight is 260 g/mol. The monoisotopic (exact) mass is 260 g/mol. The smallest absolute Gasteiger partial charge is 0.273 e. The number of rotatable bonds is 4. The van der Waals surface area contributed by atoms with Crippen LogP contribution in [0.5, 0.6) is 5.75 Å². The molecule has 0 aromatic carbocycles. The third kappa shape index (κ3) is 3.31. The van der Waals surface area contributed by atoms with Crippen LogP contribution < -0.4 is 5.32 Å². The second-order valence-corrected chi connectivity index (χ2v) is 4.49. The van der Waals surface area contributed by atoms with E-state index in [1.165, 1.54) is 12.3 Å². The average Bonchev–Trinajstić information content (AvgIpc) is 2.74. The van der Waals surface area contributed by atoms with Gasteiger partial charge in [0.05, 0.1) is 5.69 Å². The summed E-state index contributed by atoms with van der Waals surface area (Å²) in [6.07, 6.45) is 2.08. The molecule has 0 saturated carbocycles. The summed E-state index contributed by atoms with van der Waals surface area (Å²) in [7, 11) is 0. The summed E-state index contributed by atoms with van der Waals surface area (Å²) in [6.45, 7) is 3.80. The second kappa shape index (κ2) is 5.51. The standard InChI is InChI=1S/C13H16N4O2/c1-8(6-10-7-9(2)16-17-10)15-13(19)12-11(18)4-3-5-14-12/h3-5,7-8,18H,6H2,1-2H3,(H,15,19)(H,16,17). The summed E-state index contributed by atoms with van der Waals surface area (Å²) in [5.74, 6) is -0.513. The van der Waals surface area contributed by atoms with E-state index in [4.69, 9.17) is 0 Å². The van der Waals surface area contributed by atoms with Gasteiger partial charge >= 0.3 is 0 Å². The number of nitrogens with one attached hydrogen (secondary N) is 2. The van der Waals surface area contributed by atoms with Gasteiger partial charge < -0.3 is 10.4 Å². The van der Waals surface area contributed by atoms with E-state index in [0.29, 0.717) is 6.42 Å². The first-order valence-corrected chi connectivity index (χ1v) is 6.02. The van der Waals surface area contributed by atoms with E-state index >= 15 is 0 Å². The molecule has 100 valence electrons. The highest BCUT2D eigenvalue weighted by molar-refractivity contribution is 5.94. The number of amides is 1. The fourth-order valence-corrected chi connectivity index (χ4v) is 1.81. The molecule has 0 aliphatic heterocycles. The van der Waals surface area contributed by atoms with Crippen molar-refractivity contribution in [2.24, 2.45) is 0 Å². The van der Waals surface area contributed by atoms with Crippen LogP contribution in [-0.4, -0.2) is 32.2 Å². The largest absolute Gasteiger partial charge is 0.505 e. The summed E-state index contributed by atoms with van der Waals surface area (Å²) in [5, 5.41) is 19.3. The number of hydrogen-bond donors (Lipinski definition) is 3. The molecule has 2 heterocycles. The zero-order valence-corrected chi connectivity index (χ0v) is 10.8. The Morgan fingerprint density at radius 3 is 3.00 bits per heavy atom. The first-order valence-electron chi connectivity index (χ1n) is 6.02. The van der Waals surface area contributed by atoms with Crippen molar-refractivity contribution in [2.45, 2.75) is 26.3 Å². The molecule has 1 amide bonds. The molecule has 0 fully saturated rings. The first-order chi connectivity index (χ1) is 9.06. The van der Waals surface area contributed by atoms with Crippen LogP contribution in [0.25, 0.3) is 0 Å². The van der Waals surface area contributed by atoms with E-state index in [-0.39, 0.29) is 17.5 Å². The molecule has 2 rings (SSSR count). The van der Waals surface area contributed by atoms with Crippen LogP contribution in [0.4, 0.5) is 0 Å². The zero-order valence-electron chi connectivity index (χ0n) is 10.8. The number of H-pyrrole nitrogens is 1. The summed E-state index contributed by atoms with van der Waals surface area (Å²) < 4.78 is 0. The fourth-order valence-electron chi connectivity index (χ4n) is 1.81. The highest BCUT2D eigenvalue weighted by atomic mass is 16.3. The number of aromatic nitrogens is 3. The van der Waals surface area contributed by atoms with E-state index in [1.54, 1.807) is 6.07 Å². The molecule has 6 heteroatoms. The third-order valence-corrected chi connectivity index (χ3v) is 2.65. The highest BCUT2D eigenvalue weighted by Crippen LogP contribution is 2.12. The predicted molar refractivity (Wildman–Crippen MR) is 69.9 cm³/mol. The maximum Gasteiger partial charge on any atom is 0.273 e. The molecule has 6 nitrogen and oxygen atoms in total. The van der Waals surface area contributed by atoms with Crippen LogP contribution in [0.1, 0.15) is 28.8 Å². The van der Waals surface area contributed by atoms with Crippen molar-refractivity contribution in [1.29, 1.82) is 0 Å². The molecule has 3 N–H and O–H groups in total. The highest BCUT2D eigenvalue weighted by Gasteiger charge is 2.15. The molecular formula is C13H16N4O2. The Bertz CT molecular complexity index is 580. The minimum absolute atomic E-state index is 0.0348. The van der Waals surface area contributed by atoms with Crippen LogP contribution in [0.3, 0.4) is 0 Å². The lowest BCUT2D eigenvalue weighted by molar-refractivity contribution is 0.0932. The molecule has 0 aliphatic carbocycles. The number of nitrogens with zero attached hydrogens (tertiary/aromatic N) is 2. The van der Waals surface area contributed by atoms with Gasteiger partial charge in [0.25, 0.3) is 5.91 Å². The van der Waals surface area contributed by atoms with Crippen LogP contribution in [0, 0.1) is 6.92 Å². The van der Waals surface area contributed by atoms with Crippen molar-refractivity contribution < 1.29 is 9.90 Å². The van der Waals surface area contributed by atoms with Crippen LogP contribution in [0.2, 0.25) is 0 Å². The van der Waals surface area contributed by atoms with Gasteiger partial charge in [0.2, 0.25) is 0 Å². The van der Waals surface area contributed by atoms with Crippen molar-refractivity contribution in [2.75, 3.05) is 0 Å². The zero-order chi connectivity index (χ0) is 13.8. The number of aromatic hydroxyl groups is 1. The number of carbonyl (C=O) groups excluding carboxylic acids is 1. The van der Waals surface area contributed by atoms with Crippen molar-refractivity contribution in [3.8, 4) is 5.75 Å². The van der Waals surface area contributed by atoms with Gasteiger partial charge in [-0.3, -0.25) is 9.89 Å². The summed E-state index contributed by atoms with van der Waals surface area (Å²) in [5.41, 5.74) is 1.90. The van der Waals surface area contributed by atoms with Gasteiger partial charge in [0.15, 0.2) is 5.69 Å². The molecule has 2 aromatic rings.